The van der Waals surface area contributed by atoms with Crippen LogP contribution in [-0.2, 0) is 6.54 Å². The standard InChI is InChI=1S/C27H36N8O2/c1-33-14-27(15-33)16-34(17-27)25(36)19-8-9-20(22(10-19)37-2)13-35-23-21(12-30-35)31-26(28)32-24(23)29-11-18-6-4-3-5-7-18/h8-10,12,18H,3-7,11,13-17H2,1-2H3,(H3,28,29,31,32). The van der Waals surface area contributed by atoms with E-state index in [2.05, 4.69) is 32.3 Å². The van der Waals surface area contributed by atoms with Crippen LogP contribution in [-0.4, -0.2) is 82.3 Å². The average molecular weight is 505 g/mol. The fourth-order valence-electron chi connectivity index (χ4n) is 6.45. The van der Waals surface area contributed by atoms with E-state index in [-0.39, 0.29) is 11.9 Å². The maximum absolute atomic E-state index is 13.1. The largest absolute Gasteiger partial charge is 0.496 e. The molecule has 0 unspecified atom stereocenters. The molecule has 4 heterocycles. The first kappa shape index (κ1) is 24.0. The number of ether oxygens (including phenoxy) is 1. The van der Waals surface area contributed by atoms with E-state index >= 15 is 0 Å². The van der Waals surface area contributed by atoms with E-state index < -0.39 is 0 Å². The molecule has 10 nitrogen and oxygen atoms in total. The number of likely N-dealkylation sites (tertiary alicyclic amines) is 2. The van der Waals surface area contributed by atoms with Gasteiger partial charge in [-0.25, -0.2) is 4.98 Å². The van der Waals surface area contributed by atoms with Crippen LogP contribution >= 0.6 is 0 Å². The van der Waals surface area contributed by atoms with Crippen LogP contribution < -0.4 is 15.8 Å². The second kappa shape index (κ2) is 9.48. The van der Waals surface area contributed by atoms with Crippen molar-refractivity contribution in [2.24, 2.45) is 11.3 Å². The van der Waals surface area contributed by atoms with E-state index in [9.17, 15) is 4.79 Å². The zero-order valence-corrected chi connectivity index (χ0v) is 21.7. The van der Waals surface area contributed by atoms with E-state index in [0.29, 0.717) is 40.5 Å². The molecule has 1 aromatic carbocycles. The maximum atomic E-state index is 13.1. The summed E-state index contributed by atoms with van der Waals surface area (Å²) in [5.41, 5.74) is 9.43. The molecule has 6 rings (SSSR count). The summed E-state index contributed by atoms with van der Waals surface area (Å²) >= 11 is 0. The molecule has 3 aliphatic rings. The molecule has 37 heavy (non-hydrogen) atoms. The zero-order valence-electron chi connectivity index (χ0n) is 21.7. The average Bonchev–Trinajstić information content (AvgIpc) is 3.26. The van der Waals surface area contributed by atoms with Gasteiger partial charge in [0.1, 0.15) is 16.8 Å². The molecule has 0 atom stereocenters. The second-order valence-corrected chi connectivity index (χ2v) is 11.2. The van der Waals surface area contributed by atoms with Crippen molar-refractivity contribution in [2.75, 3.05) is 57.9 Å². The Hall–Kier alpha value is -3.40. The van der Waals surface area contributed by atoms with Crippen molar-refractivity contribution in [3.63, 3.8) is 0 Å². The lowest BCUT2D eigenvalue weighted by atomic mass is 9.73. The van der Waals surface area contributed by atoms with E-state index in [0.717, 1.165) is 43.8 Å². The normalized spacial score (nSPS) is 19.6. The van der Waals surface area contributed by atoms with Crippen molar-refractivity contribution in [3.05, 3.63) is 35.5 Å². The van der Waals surface area contributed by atoms with Crippen LogP contribution in [0.15, 0.2) is 24.4 Å². The third-order valence-electron chi connectivity index (χ3n) is 8.19. The van der Waals surface area contributed by atoms with Crippen LogP contribution in [0.3, 0.4) is 0 Å². The lowest BCUT2D eigenvalue weighted by molar-refractivity contribution is -0.0872. The fourth-order valence-corrected chi connectivity index (χ4v) is 6.45. The minimum absolute atomic E-state index is 0.0626. The van der Waals surface area contributed by atoms with Gasteiger partial charge in [-0.15, -0.1) is 0 Å². The van der Waals surface area contributed by atoms with Crippen LogP contribution in [0.5, 0.6) is 5.75 Å². The van der Waals surface area contributed by atoms with Gasteiger partial charge >= 0.3 is 0 Å². The summed E-state index contributed by atoms with van der Waals surface area (Å²) in [5, 5.41) is 8.12. The highest BCUT2D eigenvalue weighted by atomic mass is 16.5. The summed E-state index contributed by atoms with van der Waals surface area (Å²) in [4.78, 5) is 26.2. The Labute approximate surface area is 217 Å². The van der Waals surface area contributed by atoms with Gasteiger partial charge in [-0.1, -0.05) is 25.3 Å². The number of benzene rings is 1. The first-order valence-electron chi connectivity index (χ1n) is 13.3. The van der Waals surface area contributed by atoms with Crippen molar-refractivity contribution in [3.8, 4) is 5.75 Å². The minimum Gasteiger partial charge on any atom is -0.496 e. The number of carbonyl (C=O) groups excluding carboxylic acids is 1. The predicted octanol–water partition coefficient (Wildman–Crippen LogP) is 2.85. The van der Waals surface area contributed by atoms with Gasteiger partial charge < -0.3 is 25.6 Å². The molecule has 0 radical (unpaired) electrons. The summed E-state index contributed by atoms with van der Waals surface area (Å²) in [7, 11) is 3.76. The smallest absolute Gasteiger partial charge is 0.254 e. The number of nitrogens with zero attached hydrogens (tertiary/aromatic N) is 6. The molecule has 3 aromatic rings. The number of rotatable bonds is 7. The first-order chi connectivity index (χ1) is 17.9. The number of hydrogen-bond donors (Lipinski definition) is 2. The van der Waals surface area contributed by atoms with Gasteiger partial charge in [0.25, 0.3) is 5.91 Å². The molecule has 1 amide bonds. The molecule has 1 spiro atoms. The minimum atomic E-state index is 0.0626. The van der Waals surface area contributed by atoms with Crippen molar-refractivity contribution in [1.82, 2.24) is 29.5 Å². The Morgan fingerprint density at radius 3 is 2.68 bits per heavy atom. The monoisotopic (exact) mass is 504 g/mol. The second-order valence-electron chi connectivity index (χ2n) is 11.2. The number of fused-ring (bicyclic) bond motifs is 1. The number of carbonyl (C=O) groups is 1. The van der Waals surface area contributed by atoms with E-state index in [1.165, 1.54) is 32.1 Å². The lowest BCUT2D eigenvalue weighted by Gasteiger charge is -2.59. The van der Waals surface area contributed by atoms with Crippen LogP contribution in [0.2, 0.25) is 0 Å². The van der Waals surface area contributed by atoms with Crippen LogP contribution in [0.4, 0.5) is 11.8 Å². The molecule has 2 saturated heterocycles. The number of nitrogens with one attached hydrogen (secondary N) is 1. The number of anilines is 2. The van der Waals surface area contributed by atoms with Gasteiger partial charge in [-0.2, -0.15) is 10.1 Å². The van der Waals surface area contributed by atoms with Crippen LogP contribution in [0.1, 0.15) is 48.0 Å². The number of nitrogen functional groups attached to an aromatic ring is 1. The van der Waals surface area contributed by atoms with E-state index in [1.807, 2.05) is 27.8 Å². The Bertz CT molecular complexity index is 1300. The molecule has 196 valence electrons. The fraction of sp³-hybridized carbons (Fsp3) is 0.556. The molecule has 1 saturated carbocycles. The Balaban J connectivity index is 1.20. The Kier molecular flexibility index (Phi) is 6.14. The van der Waals surface area contributed by atoms with Crippen molar-refractivity contribution in [1.29, 1.82) is 0 Å². The van der Waals surface area contributed by atoms with Gasteiger partial charge in [0.05, 0.1) is 19.9 Å². The van der Waals surface area contributed by atoms with Crippen molar-refractivity contribution in [2.45, 2.75) is 38.6 Å². The third kappa shape index (κ3) is 4.58. The number of aromatic nitrogens is 4. The van der Waals surface area contributed by atoms with Gasteiger partial charge in [0.15, 0.2) is 5.82 Å². The van der Waals surface area contributed by atoms with Crippen molar-refractivity contribution >= 4 is 28.7 Å². The Morgan fingerprint density at radius 2 is 1.95 bits per heavy atom. The zero-order chi connectivity index (χ0) is 25.6. The third-order valence-corrected chi connectivity index (χ3v) is 8.19. The van der Waals surface area contributed by atoms with Gasteiger partial charge in [0.2, 0.25) is 5.95 Å². The highest BCUT2D eigenvalue weighted by Crippen LogP contribution is 2.39. The summed E-state index contributed by atoms with van der Waals surface area (Å²) in [6, 6.07) is 5.69. The van der Waals surface area contributed by atoms with Gasteiger partial charge in [-0.3, -0.25) is 9.48 Å². The summed E-state index contributed by atoms with van der Waals surface area (Å²) < 4.78 is 7.59. The predicted molar refractivity (Wildman–Crippen MR) is 143 cm³/mol. The topological polar surface area (TPSA) is 114 Å². The number of nitrogens with two attached hydrogens (primary N) is 1. The highest BCUT2D eigenvalue weighted by Gasteiger charge is 2.51. The number of methoxy groups -OCH3 is 1. The molecular weight excluding hydrogens is 468 g/mol. The molecule has 2 aromatic heterocycles. The first-order valence-corrected chi connectivity index (χ1v) is 13.3. The van der Waals surface area contributed by atoms with Gasteiger partial charge in [0, 0.05) is 49.3 Å². The molecule has 3 N–H and O–H groups in total. The molecule has 2 aliphatic heterocycles. The summed E-state index contributed by atoms with van der Waals surface area (Å²) in [6.07, 6.45) is 8.12. The van der Waals surface area contributed by atoms with Crippen molar-refractivity contribution < 1.29 is 9.53 Å². The number of hydrogen-bond acceptors (Lipinski definition) is 8. The molecule has 1 aliphatic carbocycles. The lowest BCUT2D eigenvalue weighted by Crippen LogP contribution is -2.72. The van der Waals surface area contributed by atoms with Gasteiger partial charge in [-0.05, 0) is 37.9 Å². The Morgan fingerprint density at radius 1 is 1.16 bits per heavy atom. The maximum Gasteiger partial charge on any atom is 0.254 e. The molecule has 3 fully saturated rings. The number of amides is 1. The van der Waals surface area contributed by atoms with Crippen LogP contribution in [0, 0.1) is 11.3 Å². The molecule has 0 bridgehead atoms. The molecular formula is C27H36N8O2. The summed E-state index contributed by atoms with van der Waals surface area (Å²) in [6.45, 7) is 5.14. The van der Waals surface area contributed by atoms with E-state index in [4.69, 9.17) is 10.5 Å². The highest BCUT2D eigenvalue weighted by molar-refractivity contribution is 5.95. The quantitative estimate of drug-likeness (QED) is 0.505. The van der Waals surface area contributed by atoms with Crippen LogP contribution in [0.25, 0.3) is 11.0 Å². The van der Waals surface area contributed by atoms with E-state index in [1.54, 1.807) is 13.3 Å². The summed E-state index contributed by atoms with van der Waals surface area (Å²) in [5.74, 6) is 2.33. The SMILES string of the molecule is COc1cc(C(=O)N2CC3(CN(C)C3)C2)ccc1Cn1ncc2nc(N)nc(NCC3CCCCC3)c21. The molecule has 10 heteroatoms.